The van der Waals surface area contributed by atoms with Gasteiger partial charge >= 0.3 is 16.4 Å². The van der Waals surface area contributed by atoms with Crippen molar-refractivity contribution in [2.45, 2.75) is 64.7 Å². The van der Waals surface area contributed by atoms with Crippen LogP contribution in [0.25, 0.3) is 0 Å². The van der Waals surface area contributed by atoms with E-state index in [1.807, 2.05) is 20.8 Å². The molecule has 1 rings (SSSR count). The molecule has 3 N–H and O–H groups in total. The highest BCUT2D eigenvalue weighted by Gasteiger charge is 2.49. The van der Waals surface area contributed by atoms with E-state index < -0.39 is 46.4 Å². The van der Waals surface area contributed by atoms with E-state index in [0.717, 1.165) is 12.8 Å². The van der Waals surface area contributed by atoms with Crippen molar-refractivity contribution in [3.05, 3.63) is 0 Å². The highest BCUT2D eigenvalue weighted by Crippen LogP contribution is 2.21. The topological polar surface area (TPSA) is 148 Å². The Bertz CT molecular complexity index is 619. The molecule has 0 unspecified atom stereocenters. The summed E-state index contributed by atoms with van der Waals surface area (Å²) in [6, 6.07) is -0.920. The van der Waals surface area contributed by atoms with Gasteiger partial charge in [0.2, 0.25) is 12.0 Å². The summed E-state index contributed by atoms with van der Waals surface area (Å²) in [5, 5.41) is 14.1. The molecule has 1 saturated heterocycles. The van der Waals surface area contributed by atoms with Gasteiger partial charge in [-0.1, -0.05) is 33.6 Å². The summed E-state index contributed by atoms with van der Waals surface area (Å²) in [5.41, 5.74) is 0. The van der Waals surface area contributed by atoms with Gasteiger partial charge in [0.1, 0.15) is 6.04 Å². The Balaban J connectivity index is 2.77. The maximum absolute atomic E-state index is 12.3. The molecule has 1 aliphatic heterocycles. The zero-order valence-corrected chi connectivity index (χ0v) is 15.9. The third-order valence-corrected chi connectivity index (χ3v) is 4.61. The van der Waals surface area contributed by atoms with Crippen LogP contribution in [0.2, 0.25) is 0 Å². The molecule has 26 heavy (non-hydrogen) atoms. The molecule has 1 heterocycles. The van der Waals surface area contributed by atoms with Gasteiger partial charge in [-0.25, -0.2) is 13.2 Å². The number of carbonyl (C=O) groups is 3. The number of aliphatic carboxylic acids is 1. The molecule has 0 aromatic heterocycles. The summed E-state index contributed by atoms with van der Waals surface area (Å²) in [6.07, 6.45) is -1.36. The second-order valence-electron chi connectivity index (χ2n) is 6.46. The Kier molecular flexibility index (Phi) is 8.44. The van der Waals surface area contributed by atoms with E-state index in [0.29, 0.717) is 25.3 Å². The van der Waals surface area contributed by atoms with Crippen molar-refractivity contribution in [1.82, 2.24) is 10.6 Å². The molecule has 0 aromatic rings. The second-order valence-corrected chi connectivity index (χ2v) is 7.66. The minimum Gasteiger partial charge on any atom is -0.479 e. The van der Waals surface area contributed by atoms with Crippen molar-refractivity contribution in [2.75, 3.05) is 6.54 Å². The Labute approximate surface area is 152 Å². The molecule has 10 nitrogen and oxygen atoms in total. The van der Waals surface area contributed by atoms with Gasteiger partial charge in [0, 0.05) is 6.54 Å². The number of hydrogen-bond donors (Lipinski definition) is 3. The van der Waals surface area contributed by atoms with Crippen LogP contribution in [0.15, 0.2) is 0 Å². The van der Waals surface area contributed by atoms with E-state index in [1.165, 1.54) is 0 Å². The molecule has 150 valence electrons. The predicted molar refractivity (Wildman–Crippen MR) is 90.2 cm³/mol. The molecule has 0 radical (unpaired) electrons. The quantitative estimate of drug-likeness (QED) is 0.466. The number of unbranched alkanes of at least 4 members (excludes halogenated alkanes) is 1. The molecule has 2 amide bonds. The second kappa shape index (κ2) is 9.83. The average molecular weight is 394 g/mol. The van der Waals surface area contributed by atoms with E-state index in [4.69, 9.17) is 5.11 Å². The lowest BCUT2D eigenvalue weighted by molar-refractivity contribution is -0.150. The SMILES string of the molecule is CCCC[C@H](NC(=O)[C@H]1OS(=O)(=O)O[C@@H]1C(=O)O)C(=O)NCCC(C)C. The fourth-order valence-electron chi connectivity index (χ4n) is 2.27. The van der Waals surface area contributed by atoms with Crippen LogP contribution in [0.3, 0.4) is 0 Å². The number of amides is 2. The van der Waals surface area contributed by atoms with Gasteiger partial charge in [-0.3, -0.25) is 9.59 Å². The highest BCUT2D eigenvalue weighted by atomic mass is 32.3. The van der Waals surface area contributed by atoms with Crippen LogP contribution in [0, 0.1) is 5.92 Å². The van der Waals surface area contributed by atoms with Gasteiger partial charge < -0.3 is 15.7 Å². The summed E-state index contributed by atoms with van der Waals surface area (Å²) in [7, 11) is -4.57. The largest absolute Gasteiger partial charge is 0.479 e. The standard InChI is InChI=1S/C15H26N2O8S/c1-4-5-6-10(13(18)16-8-7-9(2)3)17-14(19)11-12(15(20)21)25-26(22,23)24-11/h9-12H,4-8H2,1-3H3,(H,16,18)(H,17,19)(H,20,21)/t10-,11-,12-/m0/s1. The summed E-state index contributed by atoms with van der Waals surface area (Å²) >= 11 is 0. The normalized spacial score (nSPS) is 22.8. The molecule has 0 spiro atoms. The van der Waals surface area contributed by atoms with Gasteiger partial charge in [-0.2, -0.15) is 8.42 Å². The van der Waals surface area contributed by atoms with E-state index in [1.54, 1.807) is 0 Å². The van der Waals surface area contributed by atoms with E-state index in [2.05, 4.69) is 19.0 Å². The highest BCUT2D eigenvalue weighted by molar-refractivity contribution is 7.82. The first-order valence-corrected chi connectivity index (χ1v) is 9.83. The number of carboxylic acid groups (broad SMARTS) is 1. The number of carbonyl (C=O) groups excluding carboxylic acids is 2. The van der Waals surface area contributed by atoms with Crippen molar-refractivity contribution < 1.29 is 36.3 Å². The summed E-state index contributed by atoms with van der Waals surface area (Å²) < 4.78 is 31.2. The van der Waals surface area contributed by atoms with Crippen LogP contribution >= 0.6 is 0 Å². The summed E-state index contributed by atoms with van der Waals surface area (Å²) in [6.45, 7) is 6.36. The first kappa shape index (κ1) is 22.3. The van der Waals surface area contributed by atoms with E-state index in [9.17, 15) is 22.8 Å². The first-order chi connectivity index (χ1) is 12.1. The van der Waals surface area contributed by atoms with Crippen LogP contribution in [-0.4, -0.2) is 56.1 Å². The Morgan fingerprint density at radius 2 is 1.73 bits per heavy atom. The summed E-state index contributed by atoms with van der Waals surface area (Å²) in [4.78, 5) is 35.6. The molecule has 0 aromatic carbocycles. The molecule has 0 bridgehead atoms. The van der Waals surface area contributed by atoms with Crippen LogP contribution < -0.4 is 10.6 Å². The van der Waals surface area contributed by atoms with Gasteiger partial charge in [0.05, 0.1) is 0 Å². The van der Waals surface area contributed by atoms with Crippen LogP contribution in [0.4, 0.5) is 0 Å². The van der Waals surface area contributed by atoms with Crippen molar-refractivity contribution in [3.8, 4) is 0 Å². The van der Waals surface area contributed by atoms with Gasteiger partial charge in [-0.15, -0.1) is 0 Å². The molecule has 0 saturated carbocycles. The van der Waals surface area contributed by atoms with Gasteiger partial charge in [0.15, 0.2) is 6.10 Å². The molecule has 1 fully saturated rings. The van der Waals surface area contributed by atoms with E-state index >= 15 is 0 Å². The predicted octanol–water partition coefficient (Wildman–Crippen LogP) is -0.0629. The first-order valence-electron chi connectivity index (χ1n) is 8.49. The minimum absolute atomic E-state index is 0.327. The van der Waals surface area contributed by atoms with Gasteiger partial charge in [0.25, 0.3) is 5.91 Å². The molecular formula is C15H26N2O8S. The maximum atomic E-state index is 12.3. The smallest absolute Gasteiger partial charge is 0.401 e. The van der Waals surface area contributed by atoms with Crippen molar-refractivity contribution in [1.29, 1.82) is 0 Å². The van der Waals surface area contributed by atoms with Crippen molar-refractivity contribution in [3.63, 3.8) is 0 Å². The zero-order valence-electron chi connectivity index (χ0n) is 15.1. The Hall–Kier alpha value is -1.72. The fraction of sp³-hybridized carbons (Fsp3) is 0.800. The van der Waals surface area contributed by atoms with Crippen molar-refractivity contribution >= 4 is 28.2 Å². The third-order valence-electron chi connectivity index (χ3n) is 3.72. The van der Waals surface area contributed by atoms with Gasteiger partial charge in [-0.05, 0) is 18.8 Å². The minimum atomic E-state index is -4.57. The maximum Gasteiger partial charge on any atom is 0.401 e. The number of carboxylic acids is 1. The zero-order chi connectivity index (χ0) is 19.9. The molecule has 11 heteroatoms. The fourth-order valence-corrected chi connectivity index (χ4v) is 3.19. The Morgan fingerprint density at radius 3 is 2.27 bits per heavy atom. The van der Waals surface area contributed by atoms with Crippen LogP contribution in [-0.2, 0) is 33.1 Å². The molecule has 0 aliphatic carbocycles. The number of hydrogen-bond acceptors (Lipinski definition) is 7. The molecule has 3 atom stereocenters. The lowest BCUT2D eigenvalue weighted by Crippen LogP contribution is -2.52. The summed E-state index contributed by atoms with van der Waals surface area (Å²) in [5.74, 6) is -2.71. The molecule has 1 aliphatic rings. The van der Waals surface area contributed by atoms with Crippen molar-refractivity contribution in [2.24, 2.45) is 5.92 Å². The third kappa shape index (κ3) is 6.89. The average Bonchev–Trinajstić information content (AvgIpc) is 2.87. The number of rotatable bonds is 10. The lowest BCUT2D eigenvalue weighted by atomic mass is 10.1. The Morgan fingerprint density at radius 1 is 1.12 bits per heavy atom. The van der Waals surface area contributed by atoms with Crippen LogP contribution in [0.5, 0.6) is 0 Å². The number of nitrogens with one attached hydrogen (secondary N) is 2. The monoisotopic (exact) mass is 394 g/mol. The van der Waals surface area contributed by atoms with Crippen LogP contribution in [0.1, 0.15) is 46.5 Å². The molecular weight excluding hydrogens is 368 g/mol. The van der Waals surface area contributed by atoms with E-state index in [-0.39, 0.29) is 0 Å². The lowest BCUT2D eigenvalue weighted by Gasteiger charge is -2.20.